The maximum atomic E-state index is 12.0. The first-order chi connectivity index (χ1) is 11.9. The first-order valence-electron chi connectivity index (χ1n) is 7.72. The number of esters is 1. The van der Waals surface area contributed by atoms with E-state index in [9.17, 15) is 9.59 Å². The number of benzene rings is 2. The highest BCUT2D eigenvalue weighted by molar-refractivity contribution is 6.34. The van der Waals surface area contributed by atoms with E-state index in [1.807, 2.05) is 19.9 Å². The van der Waals surface area contributed by atoms with Gasteiger partial charge in [0.25, 0.3) is 5.91 Å². The minimum atomic E-state index is -0.564. The van der Waals surface area contributed by atoms with Crippen LogP contribution in [0.3, 0.4) is 0 Å². The van der Waals surface area contributed by atoms with Gasteiger partial charge in [0.1, 0.15) is 0 Å². The molecule has 0 aromatic heterocycles. The number of carbonyl (C=O) groups is 2. The van der Waals surface area contributed by atoms with Gasteiger partial charge < -0.3 is 14.8 Å². The first-order valence-corrected chi connectivity index (χ1v) is 8.10. The molecule has 1 amide bonds. The van der Waals surface area contributed by atoms with Crippen molar-refractivity contribution in [3.8, 4) is 0 Å². The largest absolute Gasteiger partial charge is 0.452 e. The number of nitrogens with one attached hydrogen (secondary N) is 1. The van der Waals surface area contributed by atoms with E-state index in [-0.39, 0.29) is 6.61 Å². The molecule has 25 heavy (non-hydrogen) atoms. The Labute approximate surface area is 151 Å². The van der Waals surface area contributed by atoms with Gasteiger partial charge in [-0.15, -0.1) is 0 Å². The van der Waals surface area contributed by atoms with Crippen molar-refractivity contribution in [2.45, 2.75) is 20.5 Å². The molecule has 0 aliphatic rings. The van der Waals surface area contributed by atoms with Crippen molar-refractivity contribution in [2.75, 3.05) is 19.0 Å². The van der Waals surface area contributed by atoms with E-state index in [1.54, 1.807) is 37.4 Å². The Morgan fingerprint density at radius 3 is 2.40 bits per heavy atom. The third-order valence-corrected chi connectivity index (χ3v) is 3.83. The van der Waals surface area contributed by atoms with Crippen molar-refractivity contribution in [1.29, 1.82) is 0 Å². The molecule has 0 spiro atoms. The number of carbonyl (C=O) groups excluding carboxylic acids is 2. The Morgan fingerprint density at radius 2 is 1.80 bits per heavy atom. The van der Waals surface area contributed by atoms with Gasteiger partial charge in [-0.25, -0.2) is 4.79 Å². The molecule has 0 fully saturated rings. The van der Waals surface area contributed by atoms with E-state index >= 15 is 0 Å². The predicted octanol–water partition coefficient (Wildman–Crippen LogP) is 3.90. The molecule has 0 aliphatic heterocycles. The van der Waals surface area contributed by atoms with Gasteiger partial charge in [0.05, 0.1) is 22.9 Å². The van der Waals surface area contributed by atoms with Gasteiger partial charge in [0.15, 0.2) is 6.61 Å². The lowest BCUT2D eigenvalue weighted by Gasteiger charge is -2.12. The minimum Gasteiger partial charge on any atom is -0.452 e. The highest BCUT2D eigenvalue weighted by Gasteiger charge is 2.13. The van der Waals surface area contributed by atoms with Gasteiger partial charge in [-0.3, -0.25) is 4.79 Å². The highest BCUT2D eigenvalue weighted by Crippen LogP contribution is 2.27. The molecule has 0 heterocycles. The molecule has 0 aliphatic carbocycles. The van der Waals surface area contributed by atoms with Crippen LogP contribution in [0.5, 0.6) is 0 Å². The number of aryl methyl sites for hydroxylation is 2. The van der Waals surface area contributed by atoms with Gasteiger partial charge >= 0.3 is 5.97 Å². The quantitative estimate of drug-likeness (QED) is 0.792. The molecule has 0 atom stereocenters. The van der Waals surface area contributed by atoms with E-state index in [0.717, 1.165) is 16.7 Å². The highest BCUT2D eigenvalue weighted by atomic mass is 35.5. The Balaban J connectivity index is 1.92. The molecule has 0 radical (unpaired) electrons. The van der Waals surface area contributed by atoms with Crippen LogP contribution in [0.25, 0.3) is 0 Å². The zero-order valence-corrected chi connectivity index (χ0v) is 15.1. The Bertz CT molecular complexity index is 748. The lowest BCUT2D eigenvalue weighted by molar-refractivity contribution is -0.119. The van der Waals surface area contributed by atoms with Gasteiger partial charge in [-0.05, 0) is 48.7 Å². The fraction of sp³-hybridized carbons (Fsp3) is 0.263. The van der Waals surface area contributed by atoms with Crippen molar-refractivity contribution in [3.63, 3.8) is 0 Å². The van der Waals surface area contributed by atoms with Crippen molar-refractivity contribution in [1.82, 2.24) is 0 Å². The molecule has 0 unspecified atom stereocenters. The van der Waals surface area contributed by atoms with Gasteiger partial charge in [-0.1, -0.05) is 29.8 Å². The third-order valence-electron chi connectivity index (χ3n) is 3.53. The summed E-state index contributed by atoms with van der Waals surface area (Å²) >= 11 is 6.15. The molecular weight excluding hydrogens is 342 g/mol. The molecule has 6 heteroatoms. The van der Waals surface area contributed by atoms with Crippen LogP contribution in [0.4, 0.5) is 5.69 Å². The number of methoxy groups -OCH3 is 1. The fourth-order valence-electron chi connectivity index (χ4n) is 2.37. The summed E-state index contributed by atoms with van der Waals surface area (Å²) in [4.78, 5) is 24.0. The number of amides is 1. The number of hydrogen-bond donors (Lipinski definition) is 1. The summed E-state index contributed by atoms with van der Waals surface area (Å²) in [7, 11) is 1.60. The summed E-state index contributed by atoms with van der Waals surface area (Å²) in [5.74, 6) is -1.01. The molecule has 5 nitrogen and oxygen atoms in total. The molecule has 0 bridgehead atoms. The minimum absolute atomic E-state index is 0.372. The van der Waals surface area contributed by atoms with Crippen molar-refractivity contribution < 1.29 is 19.1 Å². The lowest BCUT2D eigenvalue weighted by atomic mass is 10.1. The number of halogens is 1. The van der Waals surface area contributed by atoms with Crippen LogP contribution in [0, 0.1) is 13.8 Å². The van der Waals surface area contributed by atoms with Gasteiger partial charge in [0, 0.05) is 7.11 Å². The standard InChI is InChI=1S/C19H20ClNO4/c1-12-8-13(2)18(16(20)9-12)21-17(22)11-25-19(23)15-6-4-14(5-7-15)10-24-3/h4-9H,10-11H2,1-3H3,(H,21,22). The first kappa shape index (κ1) is 19.0. The summed E-state index contributed by atoms with van der Waals surface area (Å²) in [5, 5.41) is 3.12. The molecule has 2 aromatic rings. The van der Waals surface area contributed by atoms with Crippen LogP contribution >= 0.6 is 11.6 Å². The molecule has 132 valence electrons. The van der Waals surface area contributed by atoms with Crippen molar-refractivity contribution >= 4 is 29.2 Å². The molecule has 2 aromatic carbocycles. The van der Waals surface area contributed by atoms with E-state index in [4.69, 9.17) is 21.1 Å². The van der Waals surface area contributed by atoms with Crippen LogP contribution in [0.1, 0.15) is 27.0 Å². The fourth-order valence-corrected chi connectivity index (χ4v) is 2.74. The Kier molecular flexibility index (Phi) is 6.56. The normalized spacial score (nSPS) is 10.4. The van der Waals surface area contributed by atoms with Crippen LogP contribution in [0.2, 0.25) is 5.02 Å². The van der Waals surface area contributed by atoms with Crippen LogP contribution in [-0.2, 0) is 20.9 Å². The number of hydrogen-bond acceptors (Lipinski definition) is 4. The smallest absolute Gasteiger partial charge is 0.338 e. The van der Waals surface area contributed by atoms with E-state index in [1.165, 1.54) is 0 Å². The Morgan fingerprint density at radius 1 is 1.12 bits per heavy atom. The molecule has 2 rings (SSSR count). The predicted molar refractivity (Wildman–Crippen MR) is 97.0 cm³/mol. The number of ether oxygens (including phenoxy) is 2. The summed E-state index contributed by atoms with van der Waals surface area (Å²) in [6.07, 6.45) is 0. The van der Waals surface area contributed by atoms with E-state index in [0.29, 0.717) is 22.9 Å². The second kappa shape index (κ2) is 8.65. The zero-order valence-electron chi connectivity index (χ0n) is 14.4. The average Bonchev–Trinajstić information content (AvgIpc) is 2.57. The molecule has 0 saturated heterocycles. The summed E-state index contributed by atoms with van der Waals surface area (Å²) in [6, 6.07) is 10.5. The van der Waals surface area contributed by atoms with E-state index in [2.05, 4.69) is 5.32 Å². The lowest BCUT2D eigenvalue weighted by Crippen LogP contribution is -2.21. The second-order valence-corrected chi connectivity index (χ2v) is 6.10. The topological polar surface area (TPSA) is 64.6 Å². The van der Waals surface area contributed by atoms with Crippen molar-refractivity contribution in [2.24, 2.45) is 0 Å². The van der Waals surface area contributed by atoms with Crippen LogP contribution < -0.4 is 5.32 Å². The Hall–Kier alpha value is -2.37. The van der Waals surface area contributed by atoms with Gasteiger partial charge in [-0.2, -0.15) is 0 Å². The van der Waals surface area contributed by atoms with Gasteiger partial charge in [0.2, 0.25) is 0 Å². The maximum absolute atomic E-state index is 12.0. The third kappa shape index (κ3) is 5.31. The summed E-state index contributed by atoms with van der Waals surface area (Å²) < 4.78 is 10.1. The summed E-state index contributed by atoms with van der Waals surface area (Å²) in [6.45, 7) is 3.85. The van der Waals surface area contributed by atoms with Crippen molar-refractivity contribution in [3.05, 3.63) is 63.7 Å². The summed E-state index contributed by atoms with van der Waals surface area (Å²) in [5.41, 5.74) is 3.69. The second-order valence-electron chi connectivity index (χ2n) is 5.69. The SMILES string of the molecule is COCc1ccc(C(=O)OCC(=O)Nc2c(C)cc(C)cc2Cl)cc1. The number of rotatable bonds is 6. The monoisotopic (exact) mass is 361 g/mol. The van der Waals surface area contributed by atoms with E-state index < -0.39 is 11.9 Å². The molecule has 0 saturated carbocycles. The molecular formula is C19H20ClNO4. The maximum Gasteiger partial charge on any atom is 0.338 e. The number of anilines is 1. The van der Waals surface area contributed by atoms with Crippen LogP contribution in [-0.4, -0.2) is 25.6 Å². The van der Waals surface area contributed by atoms with Crippen LogP contribution in [0.15, 0.2) is 36.4 Å². The average molecular weight is 362 g/mol. The zero-order chi connectivity index (χ0) is 18.4. The molecule has 1 N–H and O–H groups in total.